The van der Waals surface area contributed by atoms with Gasteiger partial charge in [-0.25, -0.2) is 0 Å². The van der Waals surface area contributed by atoms with E-state index in [0.717, 1.165) is 33.7 Å². The van der Waals surface area contributed by atoms with Gasteiger partial charge in [0.15, 0.2) is 0 Å². The molecular weight excluding hydrogens is 218 g/mol. The molecule has 4 heteroatoms. The highest BCUT2D eigenvalue weighted by molar-refractivity contribution is 8.03. The van der Waals surface area contributed by atoms with Crippen molar-refractivity contribution in [1.82, 2.24) is 0 Å². The molecule has 0 saturated heterocycles. The first-order chi connectivity index (χ1) is 6.65. The predicted octanol–water partition coefficient (Wildman–Crippen LogP) is 3.51. The molecule has 0 fully saturated rings. The molecular formula is C10H10ClNOS. The van der Waals surface area contributed by atoms with Gasteiger partial charge in [0.2, 0.25) is 0 Å². The molecule has 0 heterocycles. The van der Waals surface area contributed by atoms with Crippen molar-refractivity contribution < 1.29 is 4.74 Å². The Balaban J connectivity index is 2.75. The van der Waals surface area contributed by atoms with Gasteiger partial charge in [-0.15, -0.1) is 0 Å². The summed E-state index contributed by atoms with van der Waals surface area (Å²) in [5.74, 6) is 1.10. The lowest BCUT2D eigenvalue weighted by Gasteiger charge is -2.07. The first-order valence-corrected chi connectivity index (χ1v) is 5.42. The third-order valence-electron chi connectivity index (χ3n) is 1.76. The van der Waals surface area contributed by atoms with E-state index in [9.17, 15) is 0 Å². The predicted molar refractivity (Wildman–Crippen MR) is 59.6 cm³/mol. The van der Waals surface area contributed by atoms with E-state index in [1.807, 2.05) is 31.4 Å². The molecule has 1 rings (SSSR count). The quantitative estimate of drug-likeness (QED) is 0.450. The highest BCUT2D eigenvalue weighted by Crippen LogP contribution is 2.26. The Morgan fingerprint density at radius 1 is 1.43 bits per heavy atom. The number of halogens is 1. The Morgan fingerprint density at radius 3 is 2.50 bits per heavy atom. The second-order valence-electron chi connectivity index (χ2n) is 2.87. The molecule has 0 spiro atoms. The highest BCUT2D eigenvalue weighted by Gasteiger charge is 2.03. The normalized spacial score (nSPS) is 9.57. The van der Waals surface area contributed by atoms with Crippen LogP contribution in [0.4, 0.5) is 0 Å². The number of benzene rings is 1. The van der Waals surface area contributed by atoms with E-state index in [2.05, 4.69) is 0 Å². The summed E-state index contributed by atoms with van der Waals surface area (Å²) in [7, 11) is 0. The van der Waals surface area contributed by atoms with Gasteiger partial charge >= 0.3 is 0 Å². The molecule has 0 atom stereocenters. The van der Waals surface area contributed by atoms with Crippen LogP contribution in [0.3, 0.4) is 0 Å². The Kier molecular flexibility index (Phi) is 4.12. The van der Waals surface area contributed by atoms with Gasteiger partial charge in [-0.3, -0.25) is 0 Å². The number of hydrogen-bond donors (Lipinski definition) is 0. The van der Waals surface area contributed by atoms with Crippen molar-refractivity contribution in [3.63, 3.8) is 0 Å². The van der Waals surface area contributed by atoms with Crippen LogP contribution < -0.4 is 4.74 Å². The summed E-state index contributed by atoms with van der Waals surface area (Å²) in [6.45, 7) is 3.86. The average molecular weight is 228 g/mol. The van der Waals surface area contributed by atoms with Crippen molar-refractivity contribution in [2.24, 2.45) is 0 Å². The summed E-state index contributed by atoms with van der Waals surface area (Å²) in [6, 6.07) is 3.74. The zero-order valence-corrected chi connectivity index (χ0v) is 9.58. The summed E-state index contributed by atoms with van der Waals surface area (Å²) >= 11 is 7.07. The molecule has 14 heavy (non-hydrogen) atoms. The molecule has 74 valence electrons. The van der Waals surface area contributed by atoms with E-state index in [0.29, 0.717) is 5.94 Å². The van der Waals surface area contributed by atoms with Crippen molar-refractivity contribution in [3.05, 3.63) is 28.3 Å². The van der Waals surface area contributed by atoms with Crippen molar-refractivity contribution in [2.45, 2.75) is 13.8 Å². The molecule has 0 aliphatic rings. The van der Waals surface area contributed by atoms with Gasteiger partial charge < -0.3 is 4.74 Å². The van der Waals surface area contributed by atoms with Crippen molar-refractivity contribution >= 4 is 23.4 Å². The number of aryl methyl sites for hydroxylation is 2. The van der Waals surface area contributed by atoms with Crippen LogP contribution in [0.25, 0.3) is 0 Å². The minimum atomic E-state index is 0.344. The summed E-state index contributed by atoms with van der Waals surface area (Å²) in [6.07, 6.45) is 0. The lowest BCUT2D eigenvalue weighted by molar-refractivity contribution is 0.393. The van der Waals surface area contributed by atoms with Crippen LogP contribution in [0.5, 0.6) is 5.75 Å². The summed E-state index contributed by atoms with van der Waals surface area (Å²) in [4.78, 5) is 0. The topological polar surface area (TPSA) is 33.0 Å². The lowest BCUT2D eigenvalue weighted by atomic mass is 10.1. The first kappa shape index (κ1) is 11.2. The first-order valence-electron chi connectivity index (χ1n) is 4.05. The van der Waals surface area contributed by atoms with Crippen LogP contribution in [-0.2, 0) is 0 Å². The van der Waals surface area contributed by atoms with Gasteiger partial charge in [0.25, 0.3) is 0 Å². The molecule has 0 unspecified atom stereocenters. The van der Waals surface area contributed by atoms with Gasteiger partial charge in [-0.1, -0.05) is 11.6 Å². The molecule has 1 aromatic rings. The Hall–Kier alpha value is -0.850. The van der Waals surface area contributed by atoms with E-state index in [4.69, 9.17) is 21.6 Å². The molecule has 0 N–H and O–H groups in total. The zero-order valence-electron chi connectivity index (χ0n) is 8.00. The molecule has 0 radical (unpaired) electrons. The number of nitriles is 1. The van der Waals surface area contributed by atoms with Crippen LogP contribution in [-0.4, -0.2) is 5.94 Å². The molecule has 0 amide bonds. The van der Waals surface area contributed by atoms with E-state index in [-0.39, 0.29) is 0 Å². The summed E-state index contributed by atoms with van der Waals surface area (Å²) < 4.78 is 5.34. The van der Waals surface area contributed by atoms with Crippen LogP contribution in [0, 0.1) is 24.5 Å². The average Bonchev–Trinajstić information content (AvgIpc) is 2.14. The largest absolute Gasteiger partial charge is 0.482 e. The van der Waals surface area contributed by atoms with Gasteiger partial charge in [0, 0.05) is 5.02 Å². The van der Waals surface area contributed by atoms with Gasteiger partial charge in [0.05, 0.1) is 0 Å². The van der Waals surface area contributed by atoms with Crippen molar-refractivity contribution in [3.8, 4) is 11.2 Å². The van der Waals surface area contributed by atoms with E-state index in [1.165, 1.54) is 0 Å². The summed E-state index contributed by atoms with van der Waals surface area (Å²) in [5.41, 5.74) is 1.98. The Labute approximate surface area is 92.8 Å². The van der Waals surface area contributed by atoms with Crippen LogP contribution in [0.15, 0.2) is 12.1 Å². The Bertz CT molecular complexity index is 350. The van der Waals surface area contributed by atoms with E-state index in [1.54, 1.807) is 0 Å². The number of rotatable bonds is 3. The lowest BCUT2D eigenvalue weighted by Crippen LogP contribution is -1.93. The van der Waals surface area contributed by atoms with Gasteiger partial charge in [-0.05, 0) is 48.9 Å². The smallest absolute Gasteiger partial charge is 0.147 e. The SMILES string of the molecule is Cc1cc(OCSC#N)cc(C)c1Cl. The maximum Gasteiger partial charge on any atom is 0.147 e. The third kappa shape index (κ3) is 2.83. The fourth-order valence-corrected chi connectivity index (χ4v) is 1.47. The van der Waals surface area contributed by atoms with E-state index >= 15 is 0 Å². The monoisotopic (exact) mass is 227 g/mol. The van der Waals surface area contributed by atoms with Crippen molar-refractivity contribution in [2.75, 3.05) is 5.94 Å². The van der Waals surface area contributed by atoms with Crippen molar-refractivity contribution in [1.29, 1.82) is 5.26 Å². The number of hydrogen-bond acceptors (Lipinski definition) is 3. The summed E-state index contributed by atoms with van der Waals surface area (Å²) in [5, 5.41) is 11.0. The zero-order chi connectivity index (χ0) is 10.6. The molecule has 2 nitrogen and oxygen atoms in total. The standard InChI is InChI=1S/C10H10ClNOS/c1-7-3-9(13-6-14-5-12)4-8(2)10(7)11/h3-4H,6H2,1-2H3. The second kappa shape index (κ2) is 5.14. The molecule has 0 saturated carbocycles. The number of nitrogens with zero attached hydrogens (tertiary/aromatic N) is 1. The van der Waals surface area contributed by atoms with Crippen LogP contribution in [0.1, 0.15) is 11.1 Å². The third-order valence-corrected chi connectivity index (χ3v) is 2.72. The minimum Gasteiger partial charge on any atom is -0.482 e. The van der Waals surface area contributed by atoms with Crippen LogP contribution >= 0.6 is 23.4 Å². The maximum absolute atomic E-state index is 8.31. The van der Waals surface area contributed by atoms with Gasteiger partial charge in [-0.2, -0.15) is 5.26 Å². The van der Waals surface area contributed by atoms with Crippen LogP contribution in [0.2, 0.25) is 5.02 Å². The molecule has 0 aliphatic carbocycles. The molecule has 1 aromatic carbocycles. The Morgan fingerprint density at radius 2 is 2.00 bits per heavy atom. The molecule has 0 aliphatic heterocycles. The fourth-order valence-electron chi connectivity index (χ4n) is 1.11. The number of ether oxygens (including phenoxy) is 1. The fraction of sp³-hybridized carbons (Fsp3) is 0.300. The second-order valence-corrected chi connectivity index (χ2v) is 3.95. The maximum atomic E-state index is 8.31. The minimum absolute atomic E-state index is 0.344. The number of thioether (sulfide) groups is 1. The number of thiocyanates is 1. The van der Waals surface area contributed by atoms with Gasteiger partial charge in [0.1, 0.15) is 17.1 Å². The molecule has 0 bridgehead atoms. The van der Waals surface area contributed by atoms with E-state index < -0.39 is 0 Å². The highest BCUT2D eigenvalue weighted by atomic mass is 35.5. The molecule has 0 aromatic heterocycles.